The largest absolute Gasteiger partial charge is 0.472 e. The van der Waals surface area contributed by atoms with Gasteiger partial charge < -0.3 is 34.2 Å². The summed E-state index contributed by atoms with van der Waals surface area (Å²) in [5.74, 6) is -1.63. The molecule has 0 rings (SSSR count). The molecule has 4 N–H and O–H groups in total. The number of aliphatic hydroxyl groups excluding tert-OH is 2. The second-order valence-electron chi connectivity index (χ2n) is 28.2. The van der Waals surface area contributed by atoms with Gasteiger partial charge in [0.1, 0.15) is 25.4 Å². The molecular formula is C93H154O16P2. The minimum absolute atomic E-state index is 0.0567. The maximum absolute atomic E-state index is 13.0. The number of hydrogen-bond acceptors (Lipinski definition) is 14. The summed E-state index contributed by atoms with van der Waals surface area (Å²) >= 11 is 0. The lowest BCUT2D eigenvalue weighted by molar-refractivity contribution is -0.161. The first-order valence-electron chi connectivity index (χ1n) is 43.1. The molecule has 0 aliphatic heterocycles. The molecule has 0 amide bonds. The van der Waals surface area contributed by atoms with E-state index in [0.29, 0.717) is 19.3 Å². The molecule has 111 heavy (non-hydrogen) atoms. The van der Waals surface area contributed by atoms with E-state index in [2.05, 4.69) is 203 Å². The molecular weight excluding hydrogens is 1430 g/mol. The van der Waals surface area contributed by atoms with Gasteiger partial charge in [0.15, 0.2) is 6.10 Å². The zero-order valence-electron chi connectivity index (χ0n) is 69.3. The smallest absolute Gasteiger partial charge is 0.463 e. The lowest BCUT2D eigenvalue weighted by Crippen LogP contribution is -2.30. The number of ether oxygens (including phenoxy) is 3. The highest BCUT2D eigenvalue weighted by molar-refractivity contribution is 7.47. The fourth-order valence-corrected chi connectivity index (χ4v) is 12.7. The summed E-state index contributed by atoms with van der Waals surface area (Å²) in [7, 11) is -9.83. The molecule has 0 fully saturated rings. The van der Waals surface area contributed by atoms with E-state index in [9.17, 15) is 43.5 Å². The average molecular weight is 1590 g/mol. The van der Waals surface area contributed by atoms with Crippen molar-refractivity contribution >= 4 is 33.6 Å². The lowest BCUT2D eigenvalue weighted by atomic mass is 10.0. The van der Waals surface area contributed by atoms with E-state index >= 15 is 0 Å². The van der Waals surface area contributed by atoms with Crippen LogP contribution in [0, 0.1) is 0 Å². The van der Waals surface area contributed by atoms with Gasteiger partial charge in [-0.15, -0.1) is 0 Å². The Bertz CT molecular complexity index is 2750. The fourth-order valence-electron chi connectivity index (χ4n) is 11.1. The van der Waals surface area contributed by atoms with Gasteiger partial charge in [-0.2, -0.15) is 0 Å². The highest BCUT2D eigenvalue weighted by Crippen LogP contribution is 2.45. The third kappa shape index (κ3) is 85.4. The Hall–Kier alpha value is -5.35. The molecule has 18 heteroatoms. The van der Waals surface area contributed by atoms with Crippen molar-refractivity contribution in [2.45, 2.75) is 347 Å². The van der Waals surface area contributed by atoms with Crippen LogP contribution in [0.5, 0.6) is 0 Å². The first kappa shape index (κ1) is 106. The SMILES string of the molecule is CC/C=C\C/C=C\C/C=C\C/C=C\C/C=C\C/C=C\CCCCCCCCCCC(=O)OCC(COP(=O)(O)OCC(O)COP(=O)(O)OCC(O)COC(=O)CCCCCCCCCCCCCCC/C=C\C/C=C\C/C=C\C/C=C\CCCCC)OC(=O)CCCCC/C=C\C/C=C\C/C=C\C/C=C\C/C=C\CC. The van der Waals surface area contributed by atoms with Crippen molar-refractivity contribution in [3.63, 3.8) is 0 Å². The van der Waals surface area contributed by atoms with Gasteiger partial charge in [0.05, 0.1) is 26.4 Å². The van der Waals surface area contributed by atoms with Crippen LogP contribution in [0.4, 0.5) is 0 Å². The monoisotopic (exact) mass is 1590 g/mol. The van der Waals surface area contributed by atoms with Crippen LogP contribution in [0.1, 0.15) is 329 Å². The molecule has 0 heterocycles. The summed E-state index contributed by atoms with van der Waals surface area (Å²) in [6.45, 7) is 2.38. The quantitative estimate of drug-likeness (QED) is 0.0146. The van der Waals surface area contributed by atoms with E-state index < -0.39 is 91.5 Å². The second-order valence-corrected chi connectivity index (χ2v) is 31.1. The maximum atomic E-state index is 13.0. The summed E-state index contributed by atoms with van der Waals surface area (Å²) in [6, 6.07) is 0. The van der Waals surface area contributed by atoms with Crippen LogP contribution in [-0.2, 0) is 55.8 Å². The van der Waals surface area contributed by atoms with E-state index in [1.807, 2.05) is 0 Å². The van der Waals surface area contributed by atoms with Crippen LogP contribution in [0.15, 0.2) is 182 Å². The third-order valence-electron chi connectivity index (χ3n) is 17.6. The lowest BCUT2D eigenvalue weighted by Gasteiger charge is -2.21. The summed E-state index contributed by atoms with van der Waals surface area (Å²) in [4.78, 5) is 58.9. The minimum Gasteiger partial charge on any atom is -0.463 e. The topological polar surface area (TPSA) is 231 Å². The van der Waals surface area contributed by atoms with E-state index in [-0.39, 0.29) is 19.3 Å². The molecule has 0 aliphatic carbocycles. The predicted molar refractivity (Wildman–Crippen MR) is 463 cm³/mol. The number of phosphoric acid groups is 2. The fraction of sp³-hybridized carbons (Fsp3) is 0.645. The van der Waals surface area contributed by atoms with E-state index in [1.165, 1.54) is 89.9 Å². The van der Waals surface area contributed by atoms with Crippen molar-refractivity contribution in [2.75, 3.05) is 39.6 Å². The minimum atomic E-state index is -4.96. The van der Waals surface area contributed by atoms with Crippen LogP contribution in [0.3, 0.4) is 0 Å². The predicted octanol–water partition coefficient (Wildman–Crippen LogP) is 26.1. The number of phosphoric ester groups is 2. The van der Waals surface area contributed by atoms with Crippen LogP contribution in [0.25, 0.3) is 0 Å². The highest BCUT2D eigenvalue weighted by atomic mass is 31.2. The number of esters is 3. The van der Waals surface area contributed by atoms with Crippen molar-refractivity contribution < 1.29 is 75.8 Å². The summed E-state index contributed by atoms with van der Waals surface area (Å²) in [5, 5.41) is 20.7. The molecule has 0 aromatic heterocycles. The first-order chi connectivity index (χ1) is 54.2. The van der Waals surface area contributed by atoms with Crippen molar-refractivity contribution in [2.24, 2.45) is 0 Å². The third-order valence-corrected chi connectivity index (χ3v) is 19.5. The van der Waals surface area contributed by atoms with Gasteiger partial charge in [-0.25, -0.2) is 9.13 Å². The van der Waals surface area contributed by atoms with Crippen LogP contribution in [0.2, 0.25) is 0 Å². The van der Waals surface area contributed by atoms with Crippen molar-refractivity contribution in [3.8, 4) is 0 Å². The normalized spacial score (nSPS) is 14.8. The van der Waals surface area contributed by atoms with Gasteiger partial charge >= 0.3 is 33.6 Å². The first-order valence-corrected chi connectivity index (χ1v) is 46.1. The number of hydrogen-bond donors (Lipinski definition) is 4. The molecule has 5 unspecified atom stereocenters. The van der Waals surface area contributed by atoms with Gasteiger partial charge in [-0.3, -0.25) is 32.5 Å². The molecule has 0 radical (unpaired) electrons. The van der Waals surface area contributed by atoms with Crippen molar-refractivity contribution in [1.29, 1.82) is 0 Å². The molecule has 0 aliphatic rings. The molecule has 5 atom stereocenters. The average Bonchev–Trinajstić information content (AvgIpc) is 0.812. The zero-order valence-corrected chi connectivity index (χ0v) is 71.1. The van der Waals surface area contributed by atoms with E-state index in [0.717, 1.165) is 180 Å². The zero-order chi connectivity index (χ0) is 80.8. The Morgan fingerprint density at radius 1 is 0.261 bits per heavy atom. The number of unbranched alkanes of at least 4 members (excludes halogenated alkanes) is 27. The van der Waals surface area contributed by atoms with E-state index in [4.69, 9.17) is 32.3 Å². The second kappa shape index (κ2) is 84.1. The maximum Gasteiger partial charge on any atom is 0.472 e. The summed E-state index contributed by atoms with van der Waals surface area (Å²) in [6.07, 6.45) is 109. The van der Waals surface area contributed by atoms with Crippen LogP contribution in [-0.4, -0.2) is 95.9 Å². The van der Waals surface area contributed by atoms with Gasteiger partial charge in [0.25, 0.3) is 0 Å². The number of carbonyl (C=O) groups excluding carboxylic acids is 3. The summed E-state index contributed by atoms with van der Waals surface area (Å²) < 4.78 is 61.3. The molecule has 0 saturated carbocycles. The van der Waals surface area contributed by atoms with Gasteiger partial charge in [0.2, 0.25) is 0 Å². The Labute approximate surface area is 675 Å². The standard InChI is InChI=1S/C93H154O16P2/c1-4-7-10-13-16-19-22-25-28-31-34-36-38-40-42-43-45-47-48-50-53-55-58-61-64-67-70-73-76-79-91(96)103-82-88(94)83-105-110(99,100)106-84-89(95)85-107-111(101,102)108-87-90(109-93(98)81-78-75-72-69-66-63-60-57-52-33-30-27-24-21-18-15-12-9-6-3)86-104-92(97)80-77-74-71-68-65-62-59-56-54-51-49-46-44-41-39-37-35-32-29-26-23-20-17-14-11-8-5-2/h8-9,11-12,16-21,25-30,34-37,40-42,44,49,51-52,57,63,66,88-90,94-95H,4-7,10,13-15,22-24,31-33,38-39,43,45-48,50,53-56,58-62,64-65,67-87H2,1-3H3,(H,99,100)(H,101,102)/b11-8-,12-9-,19-16-,20-17-,21-18-,28-25-,29-26-,30-27-,36-34-,37-35-,42-40-,44-41-,51-49-,57-52-,66-63-. The Morgan fingerprint density at radius 2 is 0.477 bits per heavy atom. The van der Waals surface area contributed by atoms with Crippen LogP contribution < -0.4 is 0 Å². The number of allylic oxidation sites excluding steroid dienone is 30. The van der Waals surface area contributed by atoms with Gasteiger partial charge in [-0.05, 0) is 161 Å². The van der Waals surface area contributed by atoms with Gasteiger partial charge in [-0.1, -0.05) is 331 Å². The molecule has 0 saturated heterocycles. The molecule has 0 spiro atoms. The molecule has 0 bridgehead atoms. The van der Waals surface area contributed by atoms with E-state index in [1.54, 1.807) is 0 Å². The Balaban J connectivity index is 4.65. The Morgan fingerprint density at radius 3 is 0.766 bits per heavy atom. The summed E-state index contributed by atoms with van der Waals surface area (Å²) in [5.41, 5.74) is 0. The van der Waals surface area contributed by atoms with Crippen molar-refractivity contribution in [1.82, 2.24) is 0 Å². The number of rotatable bonds is 80. The molecule has 0 aromatic rings. The number of aliphatic hydroxyl groups is 2. The Kier molecular flexibility index (Phi) is 80.0. The molecule has 632 valence electrons. The molecule has 16 nitrogen and oxygen atoms in total. The number of carbonyl (C=O) groups is 3. The van der Waals surface area contributed by atoms with Crippen molar-refractivity contribution in [3.05, 3.63) is 182 Å². The van der Waals surface area contributed by atoms with Crippen LogP contribution >= 0.6 is 15.6 Å². The molecule has 0 aromatic carbocycles. The highest BCUT2D eigenvalue weighted by Gasteiger charge is 2.29. The van der Waals surface area contributed by atoms with Gasteiger partial charge in [0, 0.05) is 19.3 Å².